The van der Waals surface area contributed by atoms with Crippen LogP contribution in [0.1, 0.15) is 31.1 Å². The molecule has 1 aromatic carbocycles. The molecule has 0 radical (unpaired) electrons. The van der Waals surface area contributed by atoms with Gasteiger partial charge in [-0.2, -0.15) is 0 Å². The number of nitrogens with zero attached hydrogens (tertiary/aromatic N) is 3. The van der Waals surface area contributed by atoms with Gasteiger partial charge in [0, 0.05) is 12.6 Å². The van der Waals surface area contributed by atoms with Crippen LogP contribution in [0.25, 0.3) is 0 Å². The van der Waals surface area contributed by atoms with Gasteiger partial charge in [0.25, 0.3) is 5.91 Å². The maximum atomic E-state index is 14.2. The van der Waals surface area contributed by atoms with Crippen molar-refractivity contribution >= 4 is 17.5 Å². The Morgan fingerprint density at radius 2 is 2.17 bits per heavy atom. The molecular weight excluding hydrogens is 321 g/mol. The van der Waals surface area contributed by atoms with Gasteiger partial charge in [-0.1, -0.05) is 17.7 Å². The summed E-state index contributed by atoms with van der Waals surface area (Å²) in [5, 5.41) is 0.0397. The first-order valence-corrected chi connectivity index (χ1v) is 7.56. The first kappa shape index (κ1) is 17.1. The molecule has 122 valence electrons. The Morgan fingerprint density at radius 3 is 2.78 bits per heavy atom. The lowest BCUT2D eigenvalue weighted by Gasteiger charge is -2.26. The highest BCUT2D eigenvalue weighted by Gasteiger charge is 2.24. The summed E-state index contributed by atoms with van der Waals surface area (Å²) in [4.78, 5) is 21.9. The van der Waals surface area contributed by atoms with Crippen molar-refractivity contribution in [3.63, 3.8) is 0 Å². The van der Waals surface area contributed by atoms with Crippen LogP contribution in [0.5, 0.6) is 11.5 Å². The summed E-state index contributed by atoms with van der Waals surface area (Å²) in [6.07, 6.45) is 2.57. The standard InChI is InChI=1S/C16H17ClFN3O2/c1-4-21(10(2)3)16(22)11-6-5-7-12(18)14(11)23-13-8-19-9-20-15(13)17/h5-10H,4H2,1-3H3. The monoisotopic (exact) mass is 337 g/mol. The molecule has 0 fully saturated rings. The Balaban J connectivity index is 2.44. The number of carbonyl (C=O) groups is 1. The number of hydrogen-bond acceptors (Lipinski definition) is 4. The van der Waals surface area contributed by atoms with Gasteiger partial charge in [0.15, 0.2) is 22.5 Å². The lowest BCUT2D eigenvalue weighted by molar-refractivity contribution is 0.0713. The quantitative estimate of drug-likeness (QED) is 0.776. The first-order valence-electron chi connectivity index (χ1n) is 7.18. The van der Waals surface area contributed by atoms with Crippen LogP contribution in [0.4, 0.5) is 4.39 Å². The molecule has 0 N–H and O–H groups in total. The van der Waals surface area contributed by atoms with Crippen molar-refractivity contribution in [2.45, 2.75) is 26.8 Å². The number of hydrogen-bond donors (Lipinski definition) is 0. The molecule has 0 aliphatic carbocycles. The van der Waals surface area contributed by atoms with Gasteiger partial charge in [0.1, 0.15) is 6.33 Å². The molecule has 0 saturated carbocycles. The Morgan fingerprint density at radius 1 is 1.43 bits per heavy atom. The zero-order valence-electron chi connectivity index (χ0n) is 13.1. The summed E-state index contributed by atoms with van der Waals surface area (Å²) in [7, 11) is 0. The van der Waals surface area contributed by atoms with E-state index in [0.29, 0.717) is 6.54 Å². The number of para-hydroxylation sites is 1. The molecule has 0 aliphatic rings. The van der Waals surface area contributed by atoms with Crippen LogP contribution in [0.3, 0.4) is 0 Å². The normalized spacial score (nSPS) is 10.7. The van der Waals surface area contributed by atoms with Crippen LogP contribution in [0, 0.1) is 5.82 Å². The van der Waals surface area contributed by atoms with Crippen LogP contribution in [0.2, 0.25) is 5.15 Å². The number of aromatic nitrogens is 2. The molecule has 0 saturated heterocycles. The molecule has 5 nitrogen and oxygen atoms in total. The topological polar surface area (TPSA) is 55.3 Å². The summed E-state index contributed by atoms with van der Waals surface area (Å²) < 4.78 is 19.7. The molecule has 0 aliphatic heterocycles. The van der Waals surface area contributed by atoms with Crippen LogP contribution >= 0.6 is 11.6 Å². The molecule has 0 atom stereocenters. The van der Waals surface area contributed by atoms with E-state index in [-0.39, 0.29) is 34.2 Å². The van der Waals surface area contributed by atoms with E-state index in [0.717, 1.165) is 0 Å². The minimum atomic E-state index is -0.657. The zero-order valence-corrected chi connectivity index (χ0v) is 13.8. The van der Waals surface area contributed by atoms with Crippen molar-refractivity contribution in [1.29, 1.82) is 0 Å². The van der Waals surface area contributed by atoms with Crippen molar-refractivity contribution < 1.29 is 13.9 Å². The van der Waals surface area contributed by atoms with E-state index >= 15 is 0 Å². The van der Waals surface area contributed by atoms with E-state index < -0.39 is 5.82 Å². The second-order valence-electron chi connectivity index (χ2n) is 5.08. The van der Waals surface area contributed by atoms with Crippen LogP contribution < -0.4 is 4.74 Å². The Kier molecular flexibility index (Phi) is 5.50. The molecule has 1 amide bonds. The average molecular weight is 338 g/mol. The Bertz CT molecular complexity index is 709. The van der Waals surface area contributed by atoms with Crippen molar-refractivity contribution in [1.82, 2.24) is 14.9 Å². The SMILES string of the molecule is CCN(C(=O)c1cccc(F)c1Oc1cncnc1Cl)C(C)C. The van der Waals surface area contributed by atoms with E-state index in [2.05, 4.69) is 9.97 Å². The highest BCUT2D eigenvalue weighted by Crippen LogP contribution is 2.32. The summed E-state index contributed by atoms with van der Waals surface area (Å²) in [6, 6.07) is 4.18. The van der Waals surface area contributed by atoms with Crippen LogP contribution in [-0.2, 0) is 0 Å². The lowest BCUT2D eigenvalue weighted by atomic mass is 10.1. The van der Waals surface area contributed by atoms with Crippen molar-refractivity contribution in [2.75, 3.05) is 6.54 Å². The van der Waals surface area contributed by atoms with Gasteiger partial charge >= 0.3 is 0 Å². The third-order valence-corrected chi connectivity index (χ3v) is 3.55. The van der Waals surface area contributed by atoms with Crippen LogP contribution in [0.15, 0.2) is 30.7 Å². The van der Waals surface area contributed by atoms with Gasteiger partial charge in [-0.3, -0.25) is 4.79 Å². The smallest absolute Gasteiger partial charge is 0.257 e. The van der Waals surface area contributed by atoms with Gasteiger partial charge in [-0.25, -0.2) is 14.4 Å². The number of rotatable bonds is 5. The molecule has 0 spiro atoms. The van der Waals surface area contributed by atoms with Gasteiger partial charge in [0.05, 0.1) is 11.8 Å². The molecule has 1 aromatic heterocycles. The highest BCUT2D eigenvalue weighted by atomic mass is 35.5. The second kappa shape index (κ2) is 7.37. The first-order chi connectivity index (χ1) is 11.0. The average Bonchev–Trinajstić information content (AvgIpc) is 2.51. The summed E-state index contributed by atoms with van der Waals surface area (Å²) in [5.41, 5.74) is 0.125. The molecule has 2 aromatic rings. The molecule has 1 heterocycles. The summed E-state index contributed by atoms with van der Waals surface area (Å²) in [5.74, 6) is -1.07. The third-order valence-electron chi connectivity index (χ3n) is 3.27. The van der Waals surface area contributed by atoms with Gasteiger partial charge in [-0.15, -0.1) is 0 Å². The molecule has 2 rings (SSSR count). The van der Waals surface area contributed by atoms with E-state index in [4.69, 9.17) is 16.3 Å². The minimum Gasteiger partial charge on any atom is -0.449 e. The van der Waals surface area contributed by atoms with E-state index in [1.807, 2.05) is 20.8 Å². The number of benzene rings is 1. The van der Waals surface area contributed by atoms with Gasteiger partial charge < -0.3 is 9.64 Å². The van der Waals surface area contributed by atoms with Gasteiger partial charge in [-0.05, 0) is 32.9 Å². The molecule has 0 bridgehead atoms. The number of carbonyl (C=O) groups excluding carboxylic acids is 1. The highest BCUT2D eigenvalue weighted by molar-refractivity contribution is 6.30. The van der Waals surface area contributed by atoms with Gasteiger partial charge in [0.2, 0.25) is 0 Å². The largest absolute Gasteiger partial charge is 0.449 e. The van der Waals surface area contributed by atoms with Crippen molar-refractivity contribution in [2.24, 2.45) is 0 Å². The zero-order chi connectivity index (χ0) is 17.0. The third kappa shape index (κ3) is 3.76. The fraction of sp³-hybridized carbons (Fsp3) is 0.312. The Hall–Kier alpha value is -2.21. The maximum absolute atomic E-state index is 14.2. The van der Waals surface area contributed by atoms with Crippen LogP contribution in [-0.4, -0.2) is 33.4 Å². The Labute approximate surface area is 139 Å². The number of amides is 1. The molecular formula is C16H17ClFN3O2. The number of ether oxygens (including phenoxy) is 1. The van der Waals surface area contributed by atoms with E-state index in [1.165, 1.54) is 30.7 Å². The fourth-order valence-corrected chi connectivity index (χ4v) is 2.29. The second-order valence-corrected chi connectivity index (χ2v) is 5.44. The van der Waals surface area contributed by atoms with Crippen molar-refractivity contribution in [3.8, 4) is 11.5 Å². The number of halogens is 2. The van der Waals surface area contributed by atoms with E-state index in [9.17, 15) is 9.18 Å². The summed E-state index contributed by atoms with van der Waals surface area (Å²) in [6.45, 7) is 6.15. The predicted octanol–water partition coefficient (Wildman–Crippen LogP) is 3.93. The van der Waals surface area contributed by atoms with E-state index in [1.54, 1.807) is 4.90 Å². The summed E-state index contributed by atoms with van der Waals surface area (Å²) >= 11 is 5.90. The fourth-order valence-electron chi connectivity index (χ4n) is 2.16. The molecule has 23 heavy (non-hydrogen) atoms. The predicted molar refractivity (Wildman–Crippen MR) is 85.4 cm³/mol. The van der Waals surface area contributed by atoms with Crippen molar-refractivity contribution in [3.05, 3.63) is 47.3 Å². The molecule has 0 unspecified atom stereocenters. The molecule has 7 heteroatoms. The lowest BCUT2D eigenvalue weighted by Crippen LogP contribution is -2.36. The maximum Gasteiger partial charge on any atom is 0.257 e. The minimum absolute atomic E-state index is 0.0211.